The van der Waals surface area contributed by atoms with Crippen molar-refractivity contribution in [1.29, 1.82) is 0 Å². The molecule has 0 spiro atoms. The highest BCUT2D eigenvalue weighted by Crippen LogP contribution is 2.27. The molecule has 43 heavy (non-hydrogen) atoms. The second-order valence-electron chi connectivity index (χ2n) is 12.3. The zero-order chi connectivity index (χ0) is 30.7. The average Bonchev–Trinajstić information content (AvgIpc) is 3.44. The van der Waals surface area contributed by atoms with Crippen LogP contribution in [-0.4, -0.2) is 68.6 Å². The number of aromatic amines is 1. The molecule has 0 bridgehead atoms. The maximum Gasteiger partial charge on any atom is 0.410 e. The molecule has 0 saturated carbocycles. The molecule has 1 fully saturated rings. The van der Waals surface area contributed by atoms with Gasteiger partial charge in [0.2, 0.25) is 0 Å². The Morgan fingerprint density at radius 1 is 1.09 bits per heavy atom. The zero-order valence-corrected chi connectivity index (χ0v) is 25.7. The Hall–Kier alpha value is -4.28. The lowest BCUT2D eigenvalue weighted by Gasteiger charge is -2.36. The van der Waals surface area contributed by atoms with Crippen LogP contribution in [0.15, 0.2) is 29.2 Å². The Balaban J connectivity index is 1.29. The van der Waals surface area contributed by atoms with Gasteiger partial charge in [0.1, 0.15) is 17.1 Å². The van der Waals surface area contributed by atoms with Gasteiger partial charge in [-0.15, -0.1) is 0 Å². The summed E-state index contributed by atoms with van der Waals surface area (Å²) in [6, 6.07) is 5.82. The van der Waals surface area contributed by atoms with E-state index < -0.39 is 5.60 Å². The fraction of sp³-hybridized carbons (Fsp3) is 0.500. The Morgan fingerprint density at radius 3 is 2.53 bits per heavy atom. The highest BCUT2D eigenvalue weighted by Gasteiger charge is 2.27. The van der Waals surface area contributed by atoms with Crippen molar-refractivity contribution in [2.75, 3.05) is 31.1 Å². The van der Waals surface area contributed by atoms with E-state index in [1.54, 1.807) is 11.1 Å². The van der Waals surface area contributed by atoms with Gasteiger partial charge in [0.05, 0.1) is 0 Å². The summed E-state index contributed by atoms with van der Waals surface area (Å²) in [5, 5.41) is 2.95. The number of anilines is 1. The standard InChI is InChI=1S/C32H41N7O4/c1-6-8-21-17-20(2)35-29(40)24(21)19-34-30(41)27-23-9-7-10-25(23)36-28(37-27)22-11-12-26(33-18-22)38-13-15-39(16-14-38)31(42)43-32(3,4)5/h11-12,17-18H,6-10,13-16,19H2,1-5H3,(H,34,41)(H,35,40). The third-order valence-corrected chi connectivity index (χ3v) is 7.72. The van der Waals surface area contributed by atoms with Crippen molar-refractivity contribution in [3.05, 3.63) is 68.5 Å². The summed E-state index contributed by atoms with van der Waals surface area (Å²) in [5.74, 6) is 0.953. The van der Waals surface area contributed by atoms with Gasteiger partial charge < -0.3 is 24.8 Å². The minimum absolute atomic E-state index is 0.134. The number of aryl methyl sites for hydroxylation is 3. The molecule has 228 valence electrons. The zero-order valence-electron chi connectivity index (χ0n) is 25.7. The van der Waals surface area contributed by atoms with E-state index in [1.165, 1.54) is 0 Å². The van der Waals surface area contributed by atoms with Crippen LogP contribution < -0.4 is 15.8 Å². The highest BCUT2D eigenvalue weighted by molar-refractivity contribution is 5.94. The van der Waals surface area contributed by atoms with Gasteiger partial charge in [0, 0.05) is 67.0 Å². The second-order valence-corrected chi connectivity index (χ2v) is 12.3. The van der Waals surface area contributed by atoms with Crippen molar-refractivity contribution < 1.29 is 14.3 Å². The van der Waals surface area contributed by atoms with Crippen molar-refractivity contribution in [2.24, 2.45) is 0 Å². The molecule has 2 N–H and O–H groups in total. The number of H-pyrrole nitrogens is 1. The van der Waals surface area contributed by atoms with E-state index in [4.69, 9.17) is 14.7 Å². The fourth-order valence-corrected chi connectivity index (χ4v) is 5.62. The minimum atomic E-state index is -0.524. The lowest BCUT2D eigenvalue weighted by atomic mass is 10.0. The number of carbonyl (C=O) groups is 2. The average molecular weight is 588 g/mol. The first-order valence-corrected chi connectivity index (χ1v) is 15.1. The first kappa shape index (κ1) is 30.2. The van der Waals surface area contributed by atoms with Crippen LogP contribution in [0, 0.1) is 6.92 Å². The van der Waals surface area contributed by atoms with Gasteiger partial charge in [-0.2, -0.15) is 0 Å². The SMILES string of the molecule is CCCc1cc(C)[nH]c(=O)c1CNC(=O)c1nc(-c2ccc(N3CCN(C(=O)OC(C)(C)C)CC3)nc2)nc2c1CCC2. The number of nitrogens with one attached hydrogen (secondary N) is 2. The summed E-state index contributed by atoms with van der Waals surface area (Å²) >= 11 is 0. The Kier molecular flexibility index (Phi) is 8.79. The van der Waals surface area contributed by atoms with E-state index >= 15 is 0 Å². The molecular formula is C32H41N7O4. The van der Waals surface area contributed by atoms with Crippen molar-refractivity contribution in [3.63, 3.8) is 0 Å². The quantitative estimate of drug-likeness (QED) is 0.424. The first-order chi connectivity index (χ1) is 20.5. The third kappa shape index (κ3) is 7.03. The molecule has 0 atom stereocenters. The van der Waals surface area contributed by atoms with Crippen molar-refractivity contribution in [3.8, 4) is 11.4 Å². The van der Waals surface area contributed by atoms with E-state index in [0.717, 1.165) is 66.0 Å². The molecule has 2 aliphatic rings. The highest BCUT2D eigenvalue weighted by atomic mass is 16.6. The molecule has 5 rings (SSSR count). The predicted molar refractivity (Wildman–Crippen MR) is 164 cm³/mol. The topological polar surface area (TPSA) is 133 Å². The van der Waals surface area contributed by atoms with Gasteiger partial charge in [-0.1, -0.05) is 13.3 Å². The molecule has 3 aromatic heterocycles. The molecule has 2 amide bonds. The number of aromatic nitrogens is 4. The number of amides is 2. The molecule has 3 aromatic rings. The number of hydrogen-bond donors (Lipinski definition) is 2. The maximum atomic E-state index is 13.4. The van der Waals surface area contributed by atoms with E-state index in [-0.39, 0.29) is 24.1 Å². The lowest BCUT2D eigenvalue weighted by molar-refractivity contribution is 0.0240. The smallest absolute Gasteiger partial charge is 0.410 e. The summed E-state index contributed by atoms with van der Waals surface area (Å²) < 4.78 is 5.50. The summed E-state index contributed by atoms with van der Waals surface area (Å²) in [6.07, 6.45) is 5.56. The van der Waals surface area contributed by atoms with E-state index in [2.05, 4.69) is 27.1 Å². The van der Waals surface area contributed by atoms with Gasteiger partial charge >= 0.3 is 6.09 Å². The van der Waals surface area contributed by atoms with Crippen LogP contribution in [0.2, 0.25) is 0 Å². The Bertz CT molecular complexity index is 1550. The van der Waals surface area contributed by atoms with Crippen LogP contribution in [0.1, 0.15) is 79.1 Å². The fourth-order valence-electron chi connectivity index (χ4n) is 5.62. The molecule has 11 nitrogen and oxygen atoms in total. The van der Waals surface area contributed by atoms with Crippen LogP contribution in [0.4, 0.5) is 10.6 Å². The van der Waals surface area contributed by atoms with Crippen LogP contribution in [-0.2, 0) is 30.5 Å². The molecular weight excluding hydrogens is 546 g/mol. The summed E-state index contributed by atoms with van der Waals surface area (Å²) in [4.78, 5) is 59.4. The molecule has 1 aliphatic carbocycles. The van der Waals surface area contributed by atoms with Crippen molar-refractivity contribution >= 4 is 17.8 Å². The third-order valence-electron chi connectivity index (χ3n) is 7.72. The lowest BCUT2D eigenvalue weighted by Crippen LogP contribution is -2.50. The number of pyridine rings is 2. The number of fused-ring (bicyclic) bond motifs is 1. The van der Waals surface area contributed by atoms with Gasteiger partial charge in [0.15, 0.2) is 5.82 Å². The summed E-state index contributed by atoms with van der Waals surface area (Å²) in [5.41, 5.74) is 4.50. The van der Waals surface area contributed by atoms with Crippen LogP contribution >= 0.6 is 0 Å². The summed E-state index contributed by atoms with van der Waals surface area (Å²) in [6.45, 7) is 12.1. The molecule has 1 saturated heterocycles. The van der Waals surface area contributed by atoms with Crippen molar-refractivity contribution in [2.45, 2.75) is 78.9 Å². The van der Waals surface area contributed by atoms with Gasteiger partial charge in [-0.3, -0.25) is 9.59 Å². The molecule has 4 heterocycles. The minimum Gasteiger partial charge on any atom is -0.444 e. The number of hydrogen-bond acceptors (Lipinski definition) is 8. The normalized spacial score (nSPS) is 14.9. The number of carbonyl (C=O) groups excluding carboxylic acids is 2. The molecule has 0 aromatic carbocycles. The van der Waals surface area contributed by atoms with E-state index in [1.807, 2.05) is 45.9 Å². The van der Waals surface area contributed by atoms with Crippen LogP contribution in [0.5, 0.6) is 0 Å². The number of piperazine rings is 1. The first-order valence-electron chi connectivity index (χ1n) is 15.1. The van der Waals surface area contributed by atoms with Gasteiger partial charge in [0.25, 0.3) is 11.5 Å². The number of ether oxygens (including phenoxy) is 1. The molecule has 11 heteroatoms. The molecule has 1 aliphatic heterocycles. The number of rotatable bonds is 7. The van der Waals surface area contributed by atoms with Crippen LogP contribution in [0.25, 0.3) is 11.4 Å². The van der Waals surface area contributed by atoms with E-state index in [0.29, 0.717) is 43.3 Å². The van der Waals surface area contributed by atoms with E-state index in [9.17, 15) is 14.4 Å². The summed E-state index contributed by atoms with van der Waals surface area (Å²) in [7, 11) is 0. The second kappa shape index (κ2) is 12.5. The van der Waals surface area contributed by atoms with Gasteiger partial charge in [-0.05, 0) is 77.1 Å². The Labute approximate surface area is 252 Å². The predicted octanol–water partition coefficient (Wildman–Crippen LogP) is 3.96. The number of nitrogens with zero attached hydrogens (tertiary/aromatic N) is 5. The molecule has 0 radical (unpaired) electrons. The monoisotopic (exact) mass is 587 g/mol. The maximum absolute atomic E-state index is 13.4. The van der Waals surface area contributed by atoms with Crippen LogP contribution in [0.3, 0.4) is 0 Å². The van der Waals surface area contributed by atoms with Gasteiger partial charge in [-0.25, -0.2) is 19.7 Å². The largest absolute Gasteiger partial charge is 0.444 e. The van der Waals surface area contributed by atoms with Crippen molar-refractivity contribution in [1.82, 2.24) is 30.2 Å². The molecule has 0 unspecified atom stereocenters. The Morgan fingerprint density at radius 2 is 1.86 bits per heavy atom.